The van der Waals surface area contributed by atoms with Gasteiger partial charge in [0.2, 0.25) is 5.91 Å². The predicted molar refractivity (Wildman–Crippen MR) is 64.5 cm³/mol. The smallest absolute Gasteiger partial charge is 0.222 e. The summed E-state index contributed by atoms with van der Waals surface area (Å²) in [5.41, 5.74) is 1.19. The molecule has 90 valence electrons. The van der Waals surface area contributed by atoms with E-state index in [1.165, 1.54) is 5.56 Å². The molecule has 3 rings (SSSR count). The fraction of sp³-hybridized carbons (Fsp3) is 0.500. The number of hydrogen-bond donors (Lipinski definition) is 1. The number of fused-ring (bicyclic) bond motifs is 1. The third-order valence-corrected chi connectivity index (χ3v) is 4.09. The van der Waals surface area contributed by atoms with Crippen molar-refractivity contribution in [1.82, 2.24) is 4.90 Å². The summed E-state index contributed by atoms with van der Waals surface area (Å²) in [7, 11) is 0. The molecule has 2 saturated heterocycles. The van der Waals surface area contributed by atoms with Gasteiger partial charge in [0.25, 0.3) is 0 Å². The van der Waals surface area contributed by atoms with Gasteiger partial charge in [0.15, 0.2) is 0 Å². The molecule has 3 atom stereocenters. The molecule has 3 heteroatoms. The average molecular weight is 231 g/mol. The molecule has 0 aromatic heterocycles. The summed E-state index contributed by atoms with van der Waals surface area (Å²) in [5.74, 6) is 0.393. The Labute approximate surface area is 101 Å². The monoisotopic (exact) mass is 231 g/mol. The zero-order chi connectivity index (χ0) is 11.8. The molecule has 0 radical (unpaired) electrons. The summed E-state index contributed by atoms with van der Waals surface area (Å²) < 4.78 is 0. The number of aliphatic hydroxyl groups is 1. The van der Waals surface area contributed by atoms with E-state index in [4.69, 9.17) is 0 Å². The number of benzene rings is 1. The zero-order valence-corrected chi connectivity index (χ0v) is 9.75. The van der Waals surface area contributed by atoms with Crippen molar-refractivity contribution < 1.29 is 9.90 Å². The Morgan fingerprint density at radius 3 is 2.71 bits per heavy atom. The summed E-state index contributed by atoms with van der Waals surface area (Å²) in [6, 6.07) is 10.2. The molecule has 2 heterocycles. The molecule has 17 heavy (non-hydrogen) atoms. The SMILES string of the molecule is O=C1CC[C@H]2[C@H](O)[C@H](c3ccccc3)CCN12. The highest BCUT2D eigenvalue weighted by Gasteiger charge is 2.43. The maximum Gasteiger partial charge on any atom is 0.222 e. The van der Waals surface area contributed by atoms with Gasteiger partial charge in [0, 0.05) is 18.9 Å². The lowest BCUT2D eigenvalue weighted by molar-refractivity contribution is -0.132. The molecule has 0 aliphatic carbocycles. The van der Waals surface area contributed by atoms with E-state index in [9.17, 15) is 9.90 Å². The molecular weight excluding hydrogens is 214 g/mol. The zero-order valence-electron chi connectivity index (χ0n) is 9.75. The predicted octanol–water partition coefficient (Wildman–Crippen LogP) is 1.53. The summed E-state index contributed by atoms with van der Waals surface area (Å²) in [5, 5.41) is 10.4. The number of hydrogen-bond acceptors (Lipinski definition) is 2. The van der Waals surface area contributed by atoms with Crippen LogP contribution in [0.1, 0.15) is 30.7 Å². The van der Waals surface area contributed by atoms with Crippen molar-refractivity contribution in [3.8, 4) is 0 Å². The van der Waals surface area contributed by atoms with Gasteiger partial charge in [0.05, 0.1) is 12.1 Å². The summed E-state index contributed by atoms with van der Waals surface area (Å²) in [6.07, 6.45) is 1.87. The quantitative estimate of drug-likeness (QED) is 0.796. The van der Waals surface area contributed by atoms with Crippen molar-refractivity contribution in [1.29, 1.82) is 0 Å². The number of aliphatic hydroxyl groups excluding tert-OH is 1. The van der Waals surface area contributed by atoms with E-state index in [0.717, 1.165) is 19.4 Å². The first-order valence-electron chi connectivity index (χ1n) is 6.30. The van der Waals surface area contributed by atoms with Crippen molar-refractivity contribution >= 4 is 5.91 Å². The maximum absolute atomic E-state index is 11.6. The van der Waals surface area contributed by atoms with Crippen LogP contribution in [0.4, 0.5) is 0 Å². The highest BCUT2D eigenvalue weighted by Crippen LogP contribution is 2.36. The van der Waals surface area contributed by atoms with E-state index in [1.807, 2.05) is 23.1 Å². The molecule has 3 nitrogen and oxygen atoms in total. The summed E-state index contributed by atoms with van der Waals surface area (Å²) >= 11 is 0. The maximum atomic E-state index is 11.6. The lowest BCUT2D eigenvalue weighted by atomic mass is 9.83. The van der Waals surface area contributed by atoms with E-state index in [2.05, 4.69) is 12.1 Å². The highest BCUT2D eigenvalue weighted by atomic mass is 16.3. The van der Waals surface area contributed by atoms with Crippen LogP contribution in [-0.4, -0.2) is 34.6 Å². The van der Waals surface area contributed by atoms with E-state index < -0.39 is 6.10 Å². The molecule has 0 saturated carbocycles. The Kier molecular flexibility index (Phi) is 2.63. The molecule has 0 spiro atoms. The number of nitrogens with zero attached hydrogens (tertiary/aromatic N) is 1. The lowest BCUT2D eigenvalue weighted by Gasteiger charge is -2.39. The van der Waals surface area contributed by atoms with Gasteiger partial charge in [-0.15, -0.1) is 0 Å². The Hall–Kier alpha value is -1.35. The first-order chi connectivity index (χ1) is 8.27. The van der Waals surface area contributed by atoms with Gasteiger partial charge in [0.1, 0.15) is 0 Å². The highest BCUT2D eigenvalue weighted by molar-refractivity contribution is 5.79. The van der Waals surface area contributed by atoms with Crippen molar-refractivity contribution in [2.75, 3.05) is 6.54 Å². The van der Waals surface area contributed by atoms with Crippen LogP contribution in [0.25, 0.3) is 0 Å². The Morgan fingerprint density at radius 2 is 1.94 bits per heavy atom. The number of carbonyl (C=O) groups excluding carboxylic acids is 1. The largest absolute Gasteiger partial charge is 0.390 e. The molecule has 1 aromatic rings. The Morgan fingerprint density at radius 1 is 1.18 bits per heavy atom. The van der Waals surface area contributed by atoms with Gasteiger partial charge in [-0.05, 0) is 18.4 Å². The molecule has 0 bridgehead atoms. The second-order valence-electron chi connectivity index (χ2n) is 4.99. The van der Waals surface area contributed by atoms with Crippen LogP contribution < -0.4 is 0 Å². The van der Waals surface area contributed by atoms with Gasteiger partial charge < -0.3 is 10.0 Å². The molecule has 2 aliphatic rings. The molecule has 2 fully saturated rings. The van der Waals surface area contributed by atoms with E-state index in [-0.39, 0.29) is 17.9 Å². The average Bonchev–Trinajstić information content (AvgIpc) is 2.74. The number of rotatable bonds is 1. The summed E-state index contributed by atoms with van der Waals surface area (Å²) in [4.78, 5) is 13.5. The normalized spacial score (nSPS) is 32.6. The van der Waals surface area contributed by atoms with Gasteiger partial charge in [-0.3, -0.25) is 4.79 Å². The van der Waals surface area contributed by atoms with Crippen LogP contribution in [0, 0.1) is 0 Å². The molecular formula is C14H17NO2. The minimum atomic E-state index is -0.405. The lowest BCUT2D eigenvalue weighted by Crippen LogP contribution is -2.49. The topological polar surface area (TPSA) is 40.5 Å². The van der Waals surface area contributed by atoms with Crippen molar-refractivity contribution in [3.63, 3.8) is 0 Å². The van der Waals surface area contributed by atoms with Gasteiger partial charge in [-0.25, -0.2) is 0 Å². The second-order valence-corrected chi connectivity index (χ2v) is 4.99. The first-order valence-corrected chi connectivity index (χ1v) is 6.30. The van der Waals surface area contributed by atoms with Crippen LogP contribution >= 0.6 is 0 Å². The third-order valence-electron chi connectivity index (χ3n) is 4.09. The number of carbonyl (C=O) groups is 1. The first kappa shape index (κ1) is 10.8. The second kappa shape index (κ2) is 4.15. The molecule has 1 aromatic carbocycles. The van der Waals surface area contributed by atoms with Gasteiger partial charge >= 0.3 is 0 Å². The van der Waals surface area contributed by atoms with Crippen molar-refractivity contribution in [2.45, 2.75) is 37.3 Å². The van der Waals surface area contributed by atoms with E-state index >= 15 is 0 Å². The van der Waals surface area contributed by atoms with Crippen LogP contribution in [0.15, 0.2) is 30.3 Å². The third kappa shape index (κ3) is 1.75. The van der Waals surface area contributed by atoms with Crippen LogP contribution in [0.2, 0.25) is 0 Å². The van der Waals surface area contributed by atoms with Crippen molar-refractivity contribution in [3.05, 3.63) is 35.9 Å². The van der Waals surface area contributed by atoms with Crippen molar-refractivity contribution in [2.24, 2.45) is 0 Å². The fourth-order valence-electron chi connectivity index (χ4n) is 3.18. The Balaban J connectivity index is 1.84. The van der Waals surface area contributed by atoms with Crippen LogP contribution in [-0.2, 0) is 4.79 Å². The molecule has 2 aliphatic heterocycles. The van der Waals surface area contributed by atoms with E-state index in [1.54, 1.807) is 0 Å². The minimum Gasteiger partial charge on any atom is -0.390 e. The Bertz CT molecular complexity index is 417. The molecule has 1 N–H and O–H groups in total. The fourth-order valence-corrected chi connectivity index (χ4v) is 3.18. The molecule has 1 amide bonds. The molecule has 0 unspecified atom stereocenters. The summed E-state index contributed by atoms with van der Waals surface area (Å²) in [6.45, 7) is 0.792. The van der Waals surface area contributed by atoms with Crippen LogP contribution in [0.5, 0.6) is 0 Å². The van der Waals surface area contributed by atoms with E-state index in [0.29, 0.717) is 6.42 Å². The van der Waals surface area contributed by atoms with Gasteiger partial charge in [-0.1, -0.05) is 30.3 Å². The van der Waals surface area contributed by atoms with Gasteiger partial charge in [-0.2, -0.15) is 0 Å². The van der Waals surface area contributed by atoms with Crippen LogP contribution in [0.3, 0.4) is 0 Å². The number of amides is 1. The minimum absolute atomic E-state index is 0.0430. The number of piperidine rings is 1. The standard InChI is InChI=1S/C14H17NO2/c16-13-7-6-12-14(17)11(8-9-15(12)13)10-4-2-1-3-5-10/h1-5,11-12,14,17H,6-9H2/t11-,12-,14+/m0/s1.